The zero-order chi connectivity index (χ0) is 18.1. The first kappa shape index (κ1) is 16.9. The third-order valence-corrected chi connectivity index (χ3v) is 6.00. The second-order valence-corrected chi connectivity index (χ2v) is 7.53. The van der Waals surface area contributed by atoms with Crippen LogP contribution in [0, 0.1) is 0 Å². The summed E-state index contributed by atoms with van der Waals surface area (Å²) in [4.78, 5) is 29.7. The number of thiophene rings is 1. The molecule has 3 heterocycles. The van der Waals surface area contributed by atoms with Gasteiger partial charge in [0.15, 0.2) is 0 Å². The van der Waals surface area contributed by atoms with E-state index in [1.54, 1.807) is 16.2 Å². The third-order valence-electron chi connectivity index (χ3n) is 5.01. The van der Waals surface area contributed by atoms with E-state index in [-0.39, 0.29) is 18.1 Å². The van der Waals surface area contributed by atoms with Gasteiger partial charge in [0.25, 0.3) is 0 Å². The van der Waals surface area contributed by atoms with Crippen LogP contribution in [-0.4, -0.2) is 36.6 Å². The van der Waals surface area contributed by atoms with E-state index in [1.165, 1.54) is 10.4 Å². The molecular formula is C19H22N4O2S. The number of carbonyl (C=O) groups is 2. The maximum absolute atomic E-state index is 12.9. The molecular weight excluding hydrogens is 348 g/mol. The second-order valence-electron chi connectivity index (χ2n) is 6.53. The average Bonchev–Trinajstić information content (AvgIpc) is 3.29. The van der Waals surface area contributed by atoms with Gasteiger partial charge in [-0.05, 0) is 48.1 Å². The van der Waals surface area contributed by atoms with Gasteiger partial charge in [0.05, 0.1) is 6.04 Å². The molecule has 0 radical (unpaired) electrons. The number of nitrogens with one attached hydrogen (secondary N) is 2. The lowest BCUT2D eigenvalue weighted by Crippen LogP contribution is -2.41. The zero-order valence-electron chi connectivity index (χ0n) is 14.7. The van der Waals surface area contributed by atoms with Gasteiger partial charge in [-0.15, -0.1) is 11.3 Å². The monoisotopic (exact) mass is 370 g/mol. The molecule has 0 saturated carbocycles. The molecule has 1 unspecified atom stereocenters. The van der Waals surface area contributed by atoms with Crippen LogP contribution >= 0.6 is 11.3 Å². The first-order valence-corrected chi connectivity index (χ1v) is 9.84. The zero-order valence-corrected chi connectivity index (χ0v) is 15.5. The van der Waals surface area contributed by atoms with E-state index in [0.29, 0.717) is 18.8 Å². The number of carbonyl (C=O) groups excluding carboxylic acids is 2. The Hall–Kier alpha value is -2.54. The Morgan fingerprint density at radius 2 is 2.23 bits per heavy atom. The van der Waals surface area contributed by atoms with Crippen molar-refractivity contribution < 1.29 is 9.59 Å². The highest BCUT2D eigenvalue weighted by Gasteiger charge is 2.30. The lowest BCUT2D eigenvalue weighted by Gasteiger charge is -2.35. The van der Waals surface area contributed by atoms with Crippen molar-refractivity contribution >= 4 is 34.8 Å². The molecule has 136 valence electrons. The smallest absolute Gasteiger partial charge is 0.322 e. The quantitative estimate of drug-likeness (QED) is 0.863. The van der Waals surface area contributed by atoms with Crippen molar-refractivity contribution in [3.63, 3.8) is 0 Å². The molecule has 0 bridgehead atoms. The van der Waals surface area contributed by atoms with Crippen molar-refractivity contribution in [2.75, 3.05) is 29.9 Å². The number of amides is 4. The summed E-state index contributed by atoms with van der Waals surface area (Å²) in [7, 11) is 0. The van der Waals surface area contributed by atoms with Crippen LogP contribution < -0.4 is 15.5 Å². The molecule has 2 aliphatic rings. The largest absolute Gasteiger partial charge is 0.336 e. The molecule has 1 aromatic carbocycles. The van der Waals surface area contributed by atoms with Gasteiger partial charge >= 0.3 is 12.1 Å². The number of urea groups is 2. The Bertz CT molecular complexity index is 834. The SMILES string of the molecule is CCC1c2ccsc2CCN1C(=O)Nc1cccc(N2CCNC2=O)c1. The lowest BCUT2D eigenvalue weighted by molar-refractivity contribution is 0.181. The van der Waals surface area contributed by atoms with Gasteiger partial charge in [0.1, 0.15) is 0 Å². The van der Waals surface area contributed by atoms with Gasteiger partial charge in [-0.3, -0.25) is 4.90 Å². The fourth-order valence-corrected chi connectivity index (χ4v) is 4.67. The number of rotatable bonds is 3. The van der Waals surface area contributed by atoms with Gasteiger partial charge < -0.3 is 15.5 Å². The predicted octanol–water partition coefficient (Wildman–Crippen LogP) is 3.82. The van der Waals surface area contributed by atoms with Crippen molar-refractivity contribution in [2.45, 2.75) is 25.8 Å². The van der Waals surface area contributed by atoms with Crippen LogP contribution in [0.5, 0.6) is 0 Å². The minimum Gasteiger partial charge on any atom is -0.336 e. The fourth-order valence-electron chi connectivity index (χ4n) is 3.74. The fraction of sp³-hybridized carbons (Fsp3) is 0.368. The van der Waals surface area contributed by atoms with E-state index in [2.05, 4.69) is 29.0 Å². The molecule has 4 rings (SSSR count). The summed E-state index contributed by atoms with van der Waals surface area (Å²) < 4.78 is 0. The van der Waals surface area contributed by atoms with Crippen LogP contribution in [0.4, 0.5) is 21.0 Å². The van der Waals surface area contributed by atoms with Crippen molar-refractivity contribution in [1.29, 1.82) is 0 Å². The van der Waals surface area contributed by atoms with Crippen LogP contribution in [0.2, 0.25) is 0 Å². The van der Waals surface area contributed by atoms with E-state index >= 15 is 0 Å². The number of hydrogen-bond donors (Lipinski definition) is 2. The molecule has 1 saturated heterocycles. The van der Waals surface area contributed by atoms with E-state index in [1.807, 2.05) is 29.2 Å². The molecule has 2 aromatic rings. The summed E-state index contributed by atoms with van der Waals surface area (Å²) in [5, 5.41) is 7.91. The molecule has 1 fully saturated rings. The van der Waals surface area contributed by atoms with E-state index in [4.69, 9.17) is 0 Å². The number of fused-ring (bicyclic) bond motifs is 1. The molecule has 4 amide bonds. The first-order chi connectivity index (χ1) is 12.7. The molecule has 0 aliphatic carbocycles. The Kier molecular flexibility index (Phi) is 4.55. The summed E-state index contributed by atoms with van der Waals surface area (Å²) in [5.41, 5.74) is 2.78. The van der Waals surface area contributed by atoms with Gasteiger partial charge in [0.2, 0.25) is 0 Å². The van der Waals surface area contributed by atoms with Crippen molar-refractivity contribution in [1.82, 2.24) is 10.2 Å². The van der Waals surface area contributed by atoms with Crippen LogP contribution in [-0.2, 0) is 6.42 Å². The number of hydrogen-bond acceptors (Lipinski definition) is 3. The average molecular weight is 370 g/mol. The lowest BCUT2D eigenvalue weighted by atomic mass is 9.98. The highest BCUT2D eigenvalue weighted by atomic mass is 32.1. The van der Waals surface area contributed by atoms with Gasteiger partial charge in [0, 0.05) is 35.9 Å². The maximum atomic E-state index is 12.9. The molecule has 7 heteroatoms. The summed E-state index contributed by atoms with van der Waals surface area (Å²) in [6.07, 6.45) is 1.80. The Morgan fingerprint density at radius 3 is 3.00 bits per heavy atom. The van der Waals surface area contributed by atoms with Crippen LogP contribution in [0.25, 0.3) is 0 Å². The second kappa shape index (κ2) is 6.99. The van der Waals surface area contributed by atoms with Crippen LogP contribution in [0.1, 0.15) is 29.8 Å². The minimum absolute atomic E-state index is 0.0864. The summed E-state index contributed by atoms with van der Waals surface area (Å²) in [5.74, 6) is 0. The standard InChI is InChI=1S/C19H22N4O2S/c1-2-16-15-7-11-26-17(15)6-9-23(16)19(25)21-13-4-3-5-14(12-13)22-10-8-20-18(22)24/h3-5,7,11-12,16H,2,6,8-10H2,1H3,(H,20,24)(H,21,25). The Balaban J connectivity index is 1.51. The van der Waals surface area contributed by atoms with Crippen molar-refractivity contribution in [3.8, 4) is 0 Å². The summed E-state index contributed by atoms with van der Waals surface area (Å²) in [6, 6.07) is 9.53. The van der Waals surface area contributed by atoms with Gasteiger partial charge in [-0.1, -0.05) is 13.0 Å². The molecule has 6 nitrogen and oxygen atoms in total. The molecule has 0 spiro atoms. The normalized spacial score (nSPS) is 19.3. The van der Waals surface area contributed by atoms with Crippen molar-refractivity contribution in [3.05, 3.63) is 46.2 Å². The number of benzene rings is 1. The molecule has 1 aromatic heterocycles. The minimum atomic E-state index is -0.0967. The number of anilines is 2. The summed E-state index contributed by atoms with van der Waals surface area (Å²) in [6.45, 7) is 4.13. The highest BCUT2D eigenvalue weighted by Crippen LogP contribution is 2.35. The Morgan fingerprint density at radius 1 is 1.35 bits per heavy atom. The van der Waals surface area contributed by atoms with Crippen LogP contribution in [0.3, 0.4) is 0 Å². The Labute approximate surface area is 156 Å². The van der Waals surface area contributed by atoms with E-state index < -0.39 is 0 Å². The topological polar surface area (TPSA) is 64.7 Å². The maximum Gasteiger partial charge on any atom is 0.322 e. The predicted molar refractivity (Wildman–Crippen MR) is 104 cm³/mol. The molecule has 26 heavy (non-hydrogen) atoms. The highest BCUT2D eigenvalue weighted by molar-refractivity contribution is 7.10. The van der Waals surface area contributed by atoms with Crippen LogP contribution in [0.15, 0.2) is 35.7 Å². The summed E-state index contributed by atoms with van der Waals surface area (Å²) >= 11 is 1.78. The number of nitrogens with zero attached hydrogens (tertiary/aromatic N) is 2. The molecule has 2 aliphatic heterocycles. The van der Waals surface area contributed by atoms with Gasteiger partial charge in [-0.25, -0.2) is 9.59 Å². The van der Waals surface area contributed by atoms with E-state index in [9.17, 15) is 9.59 Å². The van der Waals surface area contributed by atoms with Gasteiger partial charge in [-0.2, -0.15) is 0 Å². The first-order valence-electron chi connectivity index (χ1n) is 8.96. The van der Waals surface area contributed by atoms with Crippen molar-refractivity contribution in [2.24, 2.45) is 0 Å². The van der Waals surface area contributed by atoms with E-state index in [0.717, 1.165) is 25.1 Å². The molecule has 1 atom stereocenters. The molecule has 2 N–H and O–H groups in total. The third kappa shape index (κ3) is 3.03.